The smallest absolute Gasteiger partial charge is 0.248 e. The summed E-state index contributed by atoms with van der Waals surface area (Å²) in [7, 11) is 0. The Labute approximate surface area is 180 Å². The number of carbonyl (C=O) groups excluding carboxylic acids is 1. The van der Waals surface area contributed by atoms with Gasteiger partial charge in [0.05, 0.1) is 0 Å². The number of likely N-dealkylation sites (tertiary alicyclic amines) is 1. The van der Waals surface area contributed by atoms with Gasteiger partial charge in [0.1, 0.15) is 5.54 Å². The molecular weight excluding hydrogens is 393 g/mol. The largest absolute Gasteiger partial charge is 0.324 e. The fraction of sp³-hybridized carbons (Fsp3) is 0.409. The molecule has 0 radical (unpaired) electrons. The molecule has 1 unspecified atom stereocenters. The van der Waals surface area contributed by atoms with E-state index < -0.39 is 5.54 Å². The molecule has 1 amide bonds. The molecular formula is C22H31Cl2N3O. The molecule has 0 aromatic heterocycles. The molecule has 1 saturated heterocycles. The average Bonchev–Trinajstić information content (AvgIpc) is 2.66. The van der Waals surface area contributed by atoms with Gasteiger partial charge in [-0.05, 0) is 62.0 Å². The van der Waals surface area contributed by atoms with Crippen LogP contribution in [0.15, 0.2) is 54.6 Å². The van der Waals surface area contributed by atoms with E-state index in [-0.39, 0.29) is 30.7 Å². The second kappa shape index (κ2) is 10.8. The van der Waals surface area contributed by atoms with Crippen molar-refractivity contribution in [2.75, 3.05) is 18.4 Å². The number of anilines is 1. The summed E-state index contributed by atoms with van der Waals surface area (Å²) in [6.07, 6.45) is 2.56. The van der Waals surface area contributed by atoms with Crippen molar-refractivity contribution in [3.8, 4) is 0 Å². The predicted molar refractivity (Wildman–Crippen MR) is 121 cm³/mol. The first kappa shape index (κ1) is 24.4. The van der Waals surface area contributed by atoms with Gasteiger partial charge in [0, 0.05) is 12.2 Å². The quantitative estimate of drug-likeness (QED) is 0.739. The number of nitrogens with one attached hydrogen (secondary N) is 1. The van der Waals surface area contributed by atoms with Crippen LogP contribution >= 0.6 is 24.8 Å². The number of halogens is 2. The van der Waals surface area contributed by atoms with E-state index in [0.29, 0.717) is 0 Å². The lowest BCUT2D eigenvalue weighted by molar-refractivity contribution is -0.120. The standard InChI is InChI=1S/C22H29N3O.2ClH/c1-17-12-14-25(15-13-17)16-18-8-10-20(11-9-18)24-21(26)22(2,23)19-6-4-3-5-7-19;;/h3-11,17H,12-16,23H2,1-2H3,(H,24,26);2*1H. The second-order valence-electron chi connectivity index (χ2n) is 7.68. The summed E-state index contributed by atoms with van der Waals surface area (Å²) in [4.78, 5) is 15.1. The molecule has 3 N–H and O–H groups in total. The van der Waals surface area contributed by atoms with Crippen LogP contribution in [0.1, 0.15) is 37.8 Å². The molecule has 3 rings (SSSR count). The monoisotopic (exact) mass is 423 g/mol. The molecule has 0 spiro atoms. The lowest BCUT2D eigenvalue weighted by atomic mass is 9.92. The highest BCUT2D eigenvalue weighted by Gasteiger charge is 2.30. The Morgan fingerprint density at radius 3 is 2.21 bits per heavy atom. The molecule has 0 bridgehead atoms. The van der Waals surface area contributed by atoms with Crippen LogP contribution in [0.2, 0.25) is 0 Å². The van der Waals surface area contributed by atoms with Crippen LogP contribution in [-0.2, 0) is 16.9 Å². The molecule has 1 aliphatic heterocycles. The third kappa shape index (κ3) is 6.21. The number of hydrogen-bond donors (Lipinski definition) is 2. The first-order valence-corrected chi connectivity index (χ1v) is 9.42. The van der Waals surface area contributed by atoms with Gasteiger partial charge in [-0.1, -0.05) is 49.4 Å². The Bertz CT molecular complexity index is 727. The minimum atomic E-state index is -1.07. The number of amides is 1. The normalized spacial score (nSPS) is 17.0. The van der Waals surface area contributed by atoms with E-state index in [2.05, 4.69) is 29.3 Å². The van der Waals surface area contributed by atoms with E-state index in [9.17, 15) is 4.79 Å². The molecule has 2 aromatic rings. The van der Waals surface area contributed by atoms with Crippen LogP contribution in [0, 0.1) is 5.92 Å². The molecule has 0 saturated carbocycles. The van der Waals surface area contributed by atoms with E-state index >= 15 is 0 Å². The van der Waals surface area contributed by atoms with Crippen LogP contribution in [0.5, 0.6) is 0 Å². The Kier molecular flexibility index (Phi) is 9.45. The minimum absolute atomic E-state index is 0. The van der Waals surface area contributed by atoms with E-state index in [4.69, 9.17) is 5.73 Å². The zero-order chi connectivity index (χ0) is 18.6. The number of nitrogens with two attached hydrogens (primary N) is 1. The minimum Gasteiger partial charge on any atom is -0.324 e. The molecule has 1 aliphatic rings. The summed E-state index contributed by atoms with van der Waals surface area (Å²) in [6.45, 7) is 7.38. The van der Waals surface area contributed by atoms with Crippen molar-refractivity contribution in [1.29, 1.82) is 0 Å². The van der Waals surface area contributed by atoms with Gasteiger partial charge in [0.25, 0.3) is 0 Å². The van der Waals surface area contributed by atoms with Crippen molar-refractivity contribution in [2.24, 2.45) is 11.7 Å². The molecule has 1 heterocycles. The fourth-order valence-electron chi connectivity index (χ4n) is 3.35. The molecule has 4 nitrogen and oxygen atoms in total. The lowest BCUT2D eigenvalue weighted by Crippen LogP contribution is -2.45. The lowest BCUT2D eigenvalue weighted by Gasteiger charge is -2.30. The van der Waals surface area contributed by atoms with E-state index in [1.807, 2.05) is 42.5 Å². The third-order valence-electron chi connectivity index (χ3n) is 5.34. The van der Waals surface area contributed by atoms with Crippen LogP contribution in [0.3, 0.4) is 0 Å². The van der Waals surface area contributed by atoms with E-state index in [0.717, 1.165) is 23.7 Å². The number of benzene rings is 2. The number of rotatable bonds is 5. The van der Waals surface area contributed by atoms with Crippen molar-refractivity contribution in [3.63, 3.8) is 0 Å². The third-order valence-corrected chi connectivity index (χ3v) is 5.34. The average molecular weight is 424 g/mol. The van der Waals surface area contributed by atoms with Crippen molar-refractivity contribution in [2.45, 2.75) is 38.8 Å². The number of carbonyl (C=O) groups is 1. The molecule has 0 aliphatic carbocycles. The Balaban J connectivity index is 0.00000196. The maximum Gasteiger partial charge on any atom is 0.248 e. The zero-order valence-corrected chi connectivity index (χ0v) is 18.2. The van der Waals surface area contributed by atoms with Crippen LogP contribution < -0.4 is 11.1 Å². The van der Waals surface area contributed by atoms with Gasteiger partial charge in [0.15, 0.2) is 0 Å². The predicted octanol–water partition coefficient (Wildman–Crippen LogP) is 4.57. The molecule has 154 valence electrons. The number of piperidine rings is 1. The fourth-order valence-corrected chi connectivity index (χ4v) is 3.35. The van der Waals surface area contributed by atoms with Gasteiger partial charge in [-0.25, -0.2) is 0 Å². The summed E-state index contributed by atoms with van der Waals surface area (Å²) < 4.78 is 0. The van der Waals surface area contributed by atoms with Crippen molar-refractivity contribution < 1.29 is 4.79 Å². The molecule has 28 heavy (non-hydrogen) atoms. The number of hydrogen-bond acceptors (Lipinski definition) is 3. The molecule has 1 fully saturated rings. The summed E-state index contributed by atoms with van der Waals surface area (Å²) in [5.41, 5.74) is 8.06. The Morgan fingerprint density at radius 1 is 1.07 bits per heavy atom. The maximum absolute atomic E-state index is 12.6. The van der Waals surface area contributed by atoms with Gasteiger partial charge >= 0.3 is 0 Å². The van der Waals surface area contributed by atoms with Crippen LogP contribution in [0.4, 0.5) is 5.69 Å². The summed E-state index contributed by atoms with van der Waals surface area (Å²) in [6, 6.07) is 17.5. The molecule has 1 atom stereocenters. The second-order valence-corrected chi connectivity index (χ2v) is 7.68. The Hall–Kier alpha value is -1.59. The SMILES string of the molecule is CC1CCN(Cc2ccc(NC(=O)C(C)(N)c3ccccc3)cc2)CC1.Cl.Cl. The summed E-state index contributed by atoms with van der Waals surface area (Å²) >= 11 is 0. The maximum atomic E-state index is 12.6. The molecule has 6 heteroatoms. The van der Waals surface area contributed by atoms with Gasteiger partial charge < -0.3 is 11.1 Å². The first-order valence-electron chi connectivity index (χ1n) is 9.42. The van der Waals surface area contributed by atoms with Crippen molar-refractivity contribution >= 4 is 36.4 Å². The van der Waals surface area contributed by atoms with Gasteiger partial charge in [0.2, 0.25) is 5.91 Å². The molecule has 2 aromatic carbocycles. The van der Waals surface area contributed by atoms with Gasteiger partial charge in [-0.15, -0.1) is 24.8 Å². The van der Waals surface area contributed by atoms with Crippen LogP contribution in [0.25, 0.3) is 0 Å². The van der Waals surface area contributed by atoms with Crippen LogP contribution in [-0.4, -0.2) is 23.9 Å². The number of nitrogens with zero attached hydrogens (tertiary/aromatic N) is 1. The summed E-state index contributed by atoms with van der Waals surface area (Å²) in [5.74, 6) is 0.639. The van der Waals surface area contributed by atoms with Crippen molar-refractivity contribution in [3.05, 3.63) is 65.7 Å². The highest BCUT2D eigenvalue weighted by Crippen LogP contribution is 2.21. The summed E-state index contributed by atoms with van der Waals surface area (Å²) in [5, 5.41) is 2.94. The topological polar surface area (TPSA) is 58.4 Å². The van der Waals surface area contributed by atoms with Crippen molar-refractivity contribution in [1.82, 2.24) is 4.90 Å². The van der Waals surface area contributed by atoms with Gasteiger partial charge in [-0.2, -0.15) is 0 Å². The highest BCUT2D eigenvalue weighted by molar-refractivity contribution is 5.98. The van der Waals surface area contributed by atoms with Gasteiger partial charge in [-0.3, -0.25) is 9.69 Å². The first-order chi connectivity index (χ1) is 12.4. The van der Waals surface area contributed by atoms with E-state index in [1.165, 1.54) is 31.5 Å². The Morgan fingerprint density at radius 2 is 1.64 bits per heavy atom. The zero-order valence-electron chi connectivity index (χ0n) is 16.6. The highest BCUT2D eigenvalue weighted by atomic mass is 35.5. The van der Waals surface area contributed by atoms with E-state index in [1.54, 1.807) is 6.92 Å².